The first kappa shape index (κ1) is 20.0. The van der Waals surface area contributed by atoms with Crippen molar-refractivity contribution in [1.29, 1.82) is 0 Å². The van der Waals surface area contributed by atoms with Gasteiger partial charge in [0.15, 0.2) is 0 Å². The van der Waals surface area contributed by atoms with Crippen LogP contribution in [0.4, 0.5) is 0 Å². The van der Waals surface area contributed by atoms with Crippen molar-refractivity contribution in [2.24, 2.45) is 0 Å². The third-order valence-electron chi connectivity index (χ3n) is 4.30. The summed E-state index contributed by atoms with van der Waals surface area (Å²) in [5.74, 6) is 0. The molecule has 1 radical (unpaired) electrons. The topological polar surface area (TPSA) is 0 Å². The molecular weight excluding hydrogens is 240 g/mol. The van der Waals surface area contributed by atoms with Crippen molar-refractivity contribution in [2.75, 3.05) is 0 Å². The van der Waals surface area contributed by atoms with E-state index in [0.717, 1.165) is 0 Å². The summed E-state index contributed by atoms with van der Waals surface area (Å²) in [4.78, 5) is 0. The molecule has 0 fully saturated rings. The van der Waals surface area contributed by atoms with Gasteiger partial charge in [0.2, 0.25) is 0 Å². The Morgan fingerprint density at radius 3 is 1.15 bits per heavy atom. The van der Waals surface area contributed by atoms with Gasteiger partial charge in [-0.25, -0.2) is 0 Å². The Bertz CT molecular complexity index is 132. The largest absolute Gasteiger partial charge is 0.0654 e. The van der Waals surface area contributed by atoms with Gasteiger partial charge in [0, 0.05) is 0 Å². The van der Waals surface area contributed by atoms with Crippen molar-refractivity contribution in [3.05, 3.63) is 6.42 Å². The number of hydrogen-bond donors (Lipinski definition) is 0. The summed E-state index contributed by atoms with van der Waals surface area (Å²) in [5.41, 5.74) is 0. The molecule has 20 heavy (non-hydrogen) atoms. The molecule has 0 saturated heterocycles. The Kier molecular flexibility index (Phi) is 19.0. The van der Waals surface area contributed by atoms with Crippen LogP contribution in [0.1, 0.15) is 123 Å². The molecule has 0 amide bonds. The first-order valence-corrected chi connectivity index (χ1v) is 9.73. The zero-order valence-electron chi connectivity index (χ0n) is 14.6. The highest BCUT2D eigenvalue weighted by Gasteiger charge is 1.94. The monoisotopic (exact) mass is 281 g/mol. The maximum atomic E-state index is 2.42. The molecule has 0 nitrogen and oxygen atoms in total. The molecule has 0 heterocycles. The molecule has 0 heteroatoms. The highest BCUT2D eigenvalue weighted by molar-refractivity contribution is 4.60. The van der Waals surface area contributed by atoms with Crippen molar-refractivity contribution in [2.45, 2.75) is 123 Å². The fourth-order valence-electron chi connectivity index (χ4n) is 2.86. The highest BCUT2D eigenvalue weighted by atomic mass is 14.0. The molecule has 0 aliphatic heterocycles. The van der Waals surface area contributed by atoms with Gasteiger partial charge in [-0.15, -0.1) is 0 Å². The van der Waals surface area contributed by atoms with Crippen LogP contribution in [0.2, 0.25) is 0 Å². The Morgan fingerprint density at radius 1 is 0.450 bits per heavy atom. The van der Waals surface area contributed by atoms with Gasteiger partial charge in [-0.3, -0.25) is 0 Å². The molecule has 0 bridgehead atoms. The van der Waals surface area contributed by atoms with Gasteiger partial charge in [0.1, 0.15) is 0 Å². The molecule has 0 unspecified atom stereocenters. The van der Waals surface area contributed by atoms with E-state index in [4.69, 9.17) is 0 Å². The lowest BCUT2D eigenvalue weighted by atomic mass is 10.0. The van der Waals surface area contributed by atoms with Gasteiger partial charge in [0.05, 0.1) is 0 Å². The Balaban J connectivity index is 2.89. The molecule has 0 saturated carbocycles. The van der Waals surface area contributed by atoms with E-state index in [-0.39, 0.29) is 0 Å². The second-order valence-electron chi connectivity index (χ2n) is 6.44. The summed E-state index contributed by atoms with van der Waals surface area (Å²) >= 11 is 0. The molecule has 0 atom stereocenters. The summed E-state index contributed by atoms with van der Waals surface area (Å²) in [6.07, 6.45) is 27.0. The predicted octanol–water partition coefficient (Wildman–Crippen LogP) is 7.86. The van der Waals surface area contributed by atoms with Gasteiger partial charge in [-0.2, -0.15) is 0 Å². The molecule has 0 aliphatic carbocycles. The standard InChI is InChI=1S/C20H41/c1-3-5-7-9-11-13-15-17-19-20-18-16-14-12-10-8-6-4-2/h5H,3-4,6-20H2,1-2H3. The van der Waals surface area contributed by atoms with Crippen LogP contribution in [0.5, 0.6) is 0 Å². The Morgan fingerprint density at radius 2 is 0.800 bits per heavy atom. The van der Waals surface area contributed by atoms with E-state index in [9.17, 15) is 0 Å². The van der Waals surface area contributed by atoms with Crippen molar-refractivity contribution in [1.82, 2.24) is 0 Å². The first-order valence-electron chi connectivity index (χ1n) is 9.73. The lowest BCUT2D eigenvalue weighted by Crippen LogP contribution is -1.83. The van der Waals surface area contributed by atoms with Gasteiger partial charge in [0.25, 0.3) is 0 Å². The van der Waals surface area contributed by atoms with Gasteiger partial charge >= 0.3 is 0 Å². The van der Waals surface area contributed by atoms with Crippen LogP contribution in [0.3, 0.4) is 0 Å². The zero-order chi connectivity index (χ0) is 14.7. The van der Waals surface area contributed by atoms with Gasteiger partial charge in [-0.1, -0.05) is 123 Å². The first-order chi connectivity index (χ1) is 9.91. The average Bonchev–Trinajstić information content (AvgIpc) is 2.47. The van der Waals surface area contributed by atoms with Crippen molar-refractivity contribution < 1.29 is 0 Å². The molecule has 0 rings (SSSR count). The zero-order valence-corrected chi connectivity index (χ0v) is 14.6. The minimum absolute atomic E-state index is 1.25. The summed E-state index contributed by atoms with van der Waals surface area (Å²) in [5, 5.41) is 0. The third-order valence-corrected chi connectivity index (χ3v) is 4.30. The van der Waals surface area contributed by atoms with Crippen LogP contribution in [0, 0.1) is 6.42 Å². The smallest absolute Gasteiger partial charge is 0.0389 e. The van der Waals surface area contributed by atoms with E-state index in [0.29, 0.717) is 0 Å². The van der Waals surface area contributed by atoms with Crippen molar-refractivity contribution in [3.8, 4) is 0 Å². The van der Waals surface area contributed by atoms with Crippen LogP contribution in [0.15, 0.2) is 0 Å². The highest BCUT2D eigenvalue weighted by Crippen LogP contribution is 2.13. The average molecular weight is 282 g/mol. The van der Waals surface area contributed by atoms with Crippen molar-refractivity contribution in [3.63, 3.8) is 0 Å². The minimum atomic E-state index is 1.25. The van der Waals surface area contributed by atoms with Gasteiger partial charge in [-0.05, 0) is 6.42 Å². The van der Waals surface area contributed by atoms with Gasteiger partial charge < -0.3 is 0 Å². The van der Waals surface area contributed by atoms with E-state index >= 15 is 0 Å². The number of rotatable bonds is 17. The second kappa shape index (κ2) is 19.0. The SMILES string of the molecule is CC[CH]CCCCCCCCCCCCCCCCC. The molecule has 0 aromatic rings. The lowest BCUT2D eigenvalue weighted by molar-refractivity contribution is 0.531. The lowest BCUT2D eigenvalue weighted by Gasteiger charge is -2.03. The van der Waals surface area contributed by atoms with Crippen LogP contribution in [-0.2, 0) is 0 Å². The summed E-state index contributed by atoms with van der Waals surface area (Å²) in [6.45, 7) is 4.54. The second-order valence-corrected chi connectivity index (χ2v) is 6.44. The molecule has 121 valence electrons. The van der Waals surface area contributed by atoms with E-state index in [1.165, 1.54) is 109 Å². The van der Waals surface area contributed by atoms with Crippen LogP contribution < -0.4 is 0 Å². The number of unbranched alkanes of at least 4 members (excludes halogenated alkanes) is 17. The minimum Gasteiger partial charge on any atom is -0.0654 e. The summed E-state index contributed by atoms with van der Waals surface area (Å²) < 4.78 is 0. The van der Waals surface area contributed by atoms with E-state index in [2.05, 4.69) is 20.3 Å². The fraction of sp³-hybridized carbons (Fsp3) is 0.950. The number of hydrogen-bond acceptors (Lipinski definition) is 0. The Hall–Kier alpha value is 0. The molecule has 0 N–H and O–H groups in total. The normalized spacial score (nSPS) is 11.1. The molecule has 0 aromatic carbocycles. The van der Waals surface area contributed by atoms with E-state index in [1.54, 1.807) is 0 Å². The maximum Gasteiger partial charge on any atom is -0.0389 e. The quantitative estimate of drug-likeness (QED) is 0.238. The maximum absolute atomic E-state index is 2.42. The third kappa shape index (κ3) is 18.0. The molecular formula is C20H41. The molecule has 0 spiro atoms. The molecule has 0 aromatic heterocycles. The van der Waals surface area contributed by atoms with E-state index in [1.807, 2.05) is 0 Å². The van der Waals surface area contributed by atoms with E-state index < -0.39 is 0 Å². The summed E-state index contributed by atoms with van der Waals surface area (Å²) in [6, 6.07) is 0. The van der Waals surface area contributed by atoms with Crippen LogP contribution >= 0.6 is 0 Å². The predicted molar refractivity (Wildman–Crippen MR) is 94.1 cm³/mol. The summed E-state index contributed by atoms with van der Waals surface area (Å²) in [7, 11) is 0. The van der Waals surface area contributed by atoms with Crippen molar-refractivity contribution >= 4 is 0 Å². The fourth-order valence-corrected chi connectivity index (χ4v) is 2.86. The van der Waals surface area contributed by atoms with Crippen LogP contribution in [-0.4, -0.2) is 0 Å². The van der Waals surface area contributed by atoms with Crippen LogP contribution in [0.25, 0.3) is 0 Å². The molecule has 0 aliphatic rings. The Labute approximate surface area is 130 Å².